The van der Waals surface area contributed by atoms with Crippen molar-refractivity contribution in [2.24, 2.45) is 0 Å². The average molecular weight is 510 g/mol. The third-order valence-corrected chi connectivity index (χ3v) is 6.68. The third-order valence-electron chi connectivity index (χ3n) is 6.68. The van der Waals surface area contributed by atoms with E-state index in [9.17, 15) is 15.0 Å². The van der Waals surface area contributed by atoms with E-state index >= 15 is 0 Å². The molecule has 0 bridgehead atoms. The molecule has 2 unspecified atom stereocenters. The molecular formula is C25H31N7O5. The van der Waals surface area contributed by atoms with E-state index < -0.39 is 12.2 Å². The SMILES string of the molecule is COc1cc2nc(N3CCCN(C(=O)N4CC(O)C(O)C4)CC3)nc(Nc3ccccn3)c2cc1OC. The minimum atomic E-state index is -0.904. The van der Waals surface area contributed by atoms with Gasteiger partial charge in [0.2, 0.25) is 5.95 Å². The second kappa shape index (κ2) is 10.6. The highest BCUT2D eigenvalue weighted by atomic mass is 16.5. The first-order chi connectivity index (χ1) is 18.0. The Kier molecular flexibility index (Phi) is 7.10. The number of rotatable bonds is 5. The molecule has 1 aromatic carbocycles. The van der Waals surface area contributed by atoms with Crippen LogP contribution >= 0.6 is 0 Å². The lowest BCUT2D eigenvalue weighted by molar-refractivity contribution is 0.0572. The van der Waals surface area contributed by atoms with Crippen molar-refractivity contribution in [1.29, 1.82) is 0 Å². The first kappa shape index (κ1) is 24.8. The van der Waals surface area contributed by atoms with Crippen LogP contribution in [-0.4, -0.2) is 107 Å². The Morgan fingerprint density at radius 2 is 1.73 bits per heavy atom. The van der Waals surface area contributed by atoms with Crippen LogP contribution in [0.3, 0.4) is 0 Å². The number of methoxy groups -OCH3 is 2. The molecule has 2 aromatic heterocycles. The lowest BCUT2D eigenvalue weighted by Gasteiger charge is -2.27. The summed E-state index contributed by atoms with van der Waals surface area (Å²) in [4.78, 5) is 32.4. The van der Waals surface area contributed by atoms with E-state index in [-0.39, 0.29) is 19.1 Å². The molecule has 0 aliphatic carbocycles. The highest BCUT2D eigenvalue weighted by Gasteiger charge is 2.35. The summed E-state index contributed by atoms with van der Waals surface area (Å²) in [7, 11) is 3.16. The normalized spacial score (nSPS) is 20.2. The minimum Gasteiger partial charge on any atom is -0.493 e. The molecule has 2 atom stereocenters. The highest BCUT2D eigenvalue weighted by Crippen LogP contribution is 2.36. The Hall–Kier alpha value is -3.90. The number of likely N-dealkylation sites (tertiary alicyclic amines) is 1. The molecule has 2 aliphatic heterocycles. The Morgan fingerprint density at radius 1 is 0.973 bits per heavy atom. The average Bonchev–Trinajstić information content (AvgIpc) is 3.10. The van der Waals surface area contributed by atoms with E-state index in [0.717, 1.165) is 11.8 Å². The maximum absolute atomic E-state index is 13.0. The van der Waals surface area contributed by atoms with Crippen molar-refractivity contribution in [3.63, 3.8) is 0 Å². The number of nitrogens with zero attached hydrogens (tertiary/aromatic N) is 6. The van der Waals surface area contributed by atoms with Crippen LogP contribution in [0.15, 0.2) is 36.5 Å². The van der Waals surface area contributed by atoms with Crippen LogP contribution in [0.5, 0.6) is 11.5 Å². The number of aliphatic hydroxyl groups is 2. The van der Waals surface area contributed by atoms with Crippen molar-refractivity contribution in [1.82, 2.24) is 24.8 Å². The van der Waals surface area contributed by atoms with E-state index in [1.165, 1.54) is 4.90 Å². The number of aliphatic hydroxyl groups excluding tert-OH is 2. The van der Waals surface area contributed by atoms with Crippen LogP contribution in [-0.2, 0) is 0 Å². The van der Waals surface area contributed by atoms with E-state index in [1.54, 1.807) is 25.3 Å². The number of aromatic nitrogens is 3. The summed E-state index contributed by atoms with van der Waals surface area (Å²) < 4.78 is 11.0. The summed E-state index contributed by atoms with van der Waals surface area (Å²) in [6, 6.07) is 9.08. The zero-order valence-corrected chi connectivity index (χ0v) is 20.9. The first-order valence-corrected chi connectivity index (χ1v) is 12.2. The summed E-state index contributed by atoms with van der Waals surface area (Å²) in [6.07, 6.45) is 0.619. The van der Waals surface area contributed by atoms with Gasteiger partial charge in [0.1, 0.15) is 11.6 Å². The standard InChI is InChI=1S/C25H31N7O5/c1-36-20-12-16-17(13-21(20)37-2)27-24(29-23(16)28-22-6-3-4-7-26-22)30-8-5-9-31(11-10-30)25(35)32-14-18(33)19(34)15-32/h3-4,6-7,12-13,18-19,33-34H,5,8-11,14-15H2,1-2H3,(H,26,27,28,29). The van der Waals surface area contributed by atoms with Crippen LogP contribution < -0.4 is 19.7 Å². The molecule has 0 radical (unpaired) electrons. The number of anilines is 3. The summed E-state index contributed by atoms with van der Waals surface area (Å²) in [6.45, 7) is 2.51. The maximum Gasteiger partial charge on any atom is 0.320 e. The number of urea groups is 1. The number of fused-ring (bicyclic) bond motifs is 1. The van der Waals surface area contributed by atoms with Crippen molar-refractivity contribution < 1.29 is 24.5 Å². The highest BCUT2D eigenvalue weighted by molar-refractivity contribution is 5.94. The number of carbonyl (C=O) groups is 1. The van der Waals surface area contributed by atoms with Gasteiger partial charge in [0, 0.05) is 43.8 Å². The molecular weight excluding hydrogens is 478 g/mol. The van der Waals surface area contributed by atoms with Crippen LogP contribution in [0.4, 0.5) is 22.4 Å². The molecule has 2 aliphatic rings. The van der Waals surface area contributed by atoms with E-state index in [0.29, 0.717) is 60.8 Å². The second-order valence-electron chi connectivity index (χ2n) is 9.09. The smallest absolute Gasteiger partial charge is 0.320 e. The summed E-state index contributed by atoms with van der Waals surface area (Å²) in [5.41, 5.74) is 0.679. The Balaban J connectivity index is 1.43. The zero-order valence-electron chi connectivity index (χ0n) is 20.9. The van der Waals surface area contributed by atoms with Crippen LogP contribution in [0.25, 0.3) is 10.9 Å². The second-order valence-corrected chi connectivity index (χ2v) is 9.09. The molecule has 37 heavy (non-hydrogen) atoms. The molecule has 3 N–H and O–H groups in total. The number of nitrogens with one attached hydrogen (secondary N) is 1. The number of β-amino-alcohol motifs (C(OH)–C–C–N with tert-alkyl or cyclic N) is 2. The zero-order chi connectivity index (χ0) is 25.9. The van der Waals surface area contributed by atoms with Gasteiger partial charge in [-0.3, -0.25) is 0 Å². The largest absolute Gasteiger partial charge is 0.493 e. The summed E-state index contributed by atoms with van der Waals surface area (Å²) in [5.74, 6) is 2.88. The molecule has 5 rings (SSSR count). The van der Waals surface area contributed by atoms with Gasteiger partial charge in [0.15, 0.2) is 11.5 Å². The monoisotopic (exact) mass is 509 g/mol. The van der Waals surface area contributed by atoms with Crippen LogP contribution in [0, 0.1) is 0 Å². The fourth-order valence-electron chi connectivity index (χ4n) is 4.67. The fraction of sp³-hybridized carbons (Fsp3) is 0.440. The maximum atomic E-state index is 13.0. The molecule has 12 nitrogen and oxygen atoms in total. The minimum absolute atomic E-state index is 0.141. The number of benzene rings is 1. The number of pyridine rings is 1. The van der Waals surface area contributed by atoms with Crippen molar-refractivity contribution in [3.8, 4) is 11.5 Å². The lowest BCUT2D eigenvalue weighted by Crippen LogP contribution is -2.44. The molecule has 2 amide bonds. The molecule has 2 saturated heterocycles. The molecule has 0 saturated carbocycles. The predicted molar refractivity (Wildman–Crippen MR) is 138 cm³/mol. The van der Waals surface area contributed by atoms with Gasteiger partial charge in [0.25, 0.3) is 0 Å². The van der Waals surface area contributed by atoms with Gasteiger partial charge in [-0.25, -0.2) is 14.8 Å². The Labute approximate surface area is 214 Å². The quantitative estimate of drug-likeness (QED) is 0.464. The van der Waals surface area contributed by atoms with Crippen molar-refractivity contribution >= 4 is 34.5 Å². The number of ether oxygens (including phenoxy) is 2. The van der Waals surface area contributed by atoms with Crippen molar-refractivity contribution in [3.05, 3.63) is 36.5 Å². The number of carbonyl (C=O) groups excluding carboxylic acids is 1. The lowest BCUT2D eigenvalue weighted by atomic mass is 10.2. The molecule has 3 aromatic rings. The molecule has 4 heterocycles. The summed E-state index contributed by atoms with van der Waals surface area (Å²) in [5, 5.41) is 23.7. The summed E-state index contributed by atoms with van der Waals surface area (Å²) >= 11 is 0. The Bertz CT molecular complexity index is 1250. The van der Waals surface area contributed by atoms with Crippen molar-refractivity contribution in [2.45, 2.75) is 18.6 Å². The van der Waals surface area contributed by atoms with Crippen LogP contribution in [0.1, 0.15) is 6.42 Å². The number of hydrogen-bond acceptors (Lipinski definition) is 10. The van der Waals surface area contributed by atoms with Gasteiger partial charge < -0.3 is 39.7 Å². The third kappa shape index (κ3) is 5.16. The fourth-order valence-corrected chi connectivity index (χ4v) is 4.67. The van der Waals surface area contributed by atoms with Crippen LogP contribution in [0.2, 0.25) is 0 Å². The molecule has 2 fully saturated rings. The molecule has 12 heteroatoms. The number of amides is 2. The van der Waals surface area contributed by atoms with Gasteiger partial charge >= 0.3 is 6.03 Å². The van der Waals surface area contributed by atoms with Gasteiger partial charge in [-0.15, -0.1) is 0 Å². The van der Waals surface area contributed by atoms with Gasteiger partial charge in [0.05, 0.1) is 45.0 Å². The van der Waals surface area contributed by atoms with Gasteiger partial charge in [-0.1, -0.05) is 6.07 Å². The van der Waals surface area contributed by atoms with Crippen molar-refractivity contribution in [2.75, 3.05) is 63.7 Å². The predicted octanol–water partition coefficient (Wildman–Crippen LogP) is 1.46. The Morgan fingerprint density at radius 3 is 2.43 bits per heavy atom. The molecule has 196 valence electrons. The number of hydrogen-bond donors (Lipinski definition) is 3. The van der Waals surface area contributed by atoms with E-state index in [4.69, 9.17) is 19.4 Å². The van der Waals surface area contributed by atoms with E-state index in [1.807, 2.05) is 30.3 Å². The van der Waals surface area contributed by atoms with E-state index in [2.05, 4.69) is 15.2 Å². The topological polar surface area (TPSA) is 136 Å². The molecule has 0 spiro atoms. The van der Waals surface area contributed by atoms with Gasteiger partial charge in [-0.2, -0.15) is 4.98 Å². The first-order valence-electron chi connectivity index (χ1n) is 12.2. The van der Waals surface area contributed by atoms with Gasteiger partial charge in [-0.05, 0) is 24.6 Å².